The van der Waals surface area contributed by atoms with Crippen LogP contribution in [0.2, 0.25) is 0 Å². The highest BCUT2D eigenvalue weighted by Gasteiger charge is 2.17. The number of carbonyl (C=O) groups excluding carboxylic acids is 1. The van der Waals surface area contributed by atoms with Crippen molar-refractivity contribution >= 4 is 27.5 Å². The number of hydrogen-bond donors (Lipinski definition) is 1. The molecule has 5 nitrogen and oxygen atoms in total. The van der Waals surface area contributed by atoms with E-state index in [2.05, 4.69) is 16.4 Å². The maximum atomic E-state index is 12.3. The van der Waals surface area contributed by atoms with E-state index in [0.717, 1.165) is 32.3 Å². The third-order valence-corrected chi connectivity index (χ3v) is 5.27. The number of rotatable bonds is 5. The summed E-state index contributed by atoms with van der Waals surface area (Å²) < 4.78 is 11.9. The molecule has 1 aromatic heterocycles. The molecule has 128 valence electrons. The number of ether oxygens (including phenoxy) is 2. The predicted molar refractivity (Wildman–Crippen MR) is 97.1 cm³/mol. The van der Waals surface area contributed by atoms with Crippen molar-refractivity contribution < 1.29 is 14.3 Å². The van der Waals surface area contributed by atoms with E-state index < -0.39 is 0 Å². The molecule has 1 N–H and O–H groups in total. The first-order valence-corrected chi connectivity index (χ1v) is 9.04. The second kappa shape index (κ2) is 6.72. The smallest absolute Gasteiger partial charge is 0.231 e. The lowest BCUT2D eigenvalue weighted by Crippen LogP contribution is -2.26. The van der Waals surface area contributed by atoms with E-state index in [1.165, 1.54) is 0 Å². The quantitative estimate of drug-likeness (QED) is 0.756. The Labute approximate surface area is 149 Å². The van der Waals surface area contributed by atoms with Gasteiger partial charge in [0.2, 0.25) is 12.7 Å². The topological polar surface area (TPSA) is 60.5 Å². The maximum Gasteiger partial charge on any atom is 0.231 e. The van der Waals surface area contributed by atoms with Crippen LogP contribution in [0.4, 0.5) is 0 Å². The summed E-state index contributed by atoms with van der Waals surface area (Å²) in [5, 5.41) is 4.03. The fourth-order valence-electron chi connectivity index (χ4n) is 2.83. The van der Waals surface area contributed by atoms with Gasteiger partial charge in [0.25, 0.3) is 0 Å². The molecule has 0 saturated carbocycles. The van der Waals surface area contributed by atoms with E-state index in [9.17, 15) is 4.79 Å². The predicted octanol–water partition coefficient (Wildman–Crippen LogP) is 3.84. The molecule has 2 aromatic carbocycles. The average Bonchev–Trinajstić information content (AvgIpc) is 3.25. The number of amides is 1. The first kappa shape index (κ1) is 15.9. The summed E-state index contributed by atoms with van der Waals surface area (Å²) in [6.07, 6.45) is 1.08. The van der Waals surface area contributed by atoms with E-state index in [0.29, 0.717) is 12.8 Å². The third kappa shape index (κ3) is 3.44. The summed E-state index contributed by atoms with van der Waals surface area (Å²) in [5.41, 5.74) is 1.99. The summed E-state index contributed by atoms with van der Waals surface area (Å²) in [4.78, 5) is 16.8. The van der Waals surface area contributed by atoms with Gasteiger partial charge in [-0.2, -0.15) is 0 Å². The lowest BCUT2D eigenvalue weighted by molar-refractivity contribution is -0.121. The highest BCUT2D eigenvalue weighted by molar-refractivity contribution is 7.18. The molecule has 6 heteroatoms. The number of fused-ring (bicyclic) bond motifs is 2. The second-order valence-electron chi connectivity index (χ2n) is 5.98. The van der Waals surface area contributed by atoms with Gasteiger partial charge in [-0.05, 0) is 36.8 Å². The number of aryl methyl sites for hydroxylation is 1. The van der Waals surface area contributed by atoms with Gasteiger partial charge in [-0.15, -0.1) is 11.3 Å². The highest BCUT2D eigenvalue weighted by atomic mass is 32.1. The number of carbonyl (C=O) groups is 1. The highest BCUT2D eigenvalue weighted by Crippen LogP contribution is 2.34. The molecule has 1 aliphatic heterocycles. The van der Waals surface area contributed by atoms with E-state index >= 15 is 0 Å². The minimum absolute atomic E-state index is 0.0180. The zero-order chi connectivity index (χ0) is 17.2. The minimum Gasteiger partial charge on any atom is -0.454 e. The first-order chi connectivity index (χ1) is 12.2. The zero-order valence-electron chi connectivity index (χ0n) is 13.8. The number of nitrogens with one attached hydrogen (secondary N) is 1. The number of nitrogens with zero attached hydrogens (tertiary/aromatic N) is 1. The van der Waals surface area contributed by atoms with Crippen LogP contribution in [0, 0.1) is 0 Å². The van der Waals surface area contributed by atoms with Gasteiger partial charge >= 0.3 is 0 Å². The van der Waals surface area contributed by atoms with E-state index in [4.69, 9.17) is 9.47 Å². The van der Waals surface area contributed by atoms with Crippen LogP contribution in [0.1, 0.15) is 30.0 Å². The van der Waals surface area contributed by atoms with Gasteiger partial charge in [-0.1, -0.05) is 18.2 Å². The second-order valence-corrected chi connectivity index (χ2v) is 7.09. The van der Waals surface area contributed by atoms with Crippen molar-refractivity contribution in [1.29, 1.82) is 0 Å². The van der Waals surface area contributed by atoms with Gasteiger partial charge in [-0.3, -0.25) is 4.79 Å². The van der Waals surface area contributed by atoms with E-state index in [-0.39, 0.29) is 18.7 Å². The van der Waals surface area contributed by atoms with Crippen LogP contribution >= 0.6 is 11.3 Å². The summed E-state index contributed by atoms with van der Waals surface area (Å²) in [7, 11) is 0. The van der Waals surface area contributed by atoms with Crippen molar-refractivity contribution in [1.82, 2.24) is 10.3 Å². The van der Waals surface area contributed by atoms with Crippen LogP contribution in [0.15, 0.2) is 42.5 Å². The van der Waals surface area contributed by atoms with Gasteiger partial charge in [-0.25, -0.2) is 4.98 Å². The van der Waals surface area contributed by atoms with Gasteiger partial charge < -0.3 is 14.8 Å². The Morgan fingerprint density at radius 1 is 1.24 bits per heavy atom. The molecular weight excluding hydrogens is 336 g/mol. The fraction of sp³-hybridized carbons (Fsp3) is 0.263. The average molecular weight is 354 g/mol. The Hall–Kier alpha value is -2.60. The Balaban J connectivity index is 1.35. The van der Waals surface area contributed by atoms with Crippen molar-refractivity contribution in [2.45, 2.75) is 25.8 Å². The molecular formula is C19H18N2O3S. The van der Waals surface area contributed by atoms with E-state index in [1.54, 1.807) is 11.3 Å². The lowest BCUT2D eigenvalue weighted by atomic mass is 10.1. The summed E-state index contributed by atoms with van der Waals surface area (Å²) >= 11 is 1.65. The van der Waals surface area contributed by atoms with Crippen LogP contribution in [-0.4, -0.2) is 17.7 Å². The van der Waals surface area contributed by atoms with Crippen molar-refractivity contribution in [2.75, 3.05) is 6.79 Å². The molecule has 25 heavy (non-hydrogen) atoms. The van der Waals surface area contributed by atoms with Crippen LogP contribution in [0.5, 0.6) is 11.5 Å². The van der Waals surface area contributed by atoms with Crippen molar-refractivity contribution in [3.63, 3.8) is 0 Å². The summed E-state index contributed by atoms with van der Waals surface area (Å²) in [6.45, 7) is 2.22. The molecule has 4 rings (SSSR count). The third-order valence-electron chi connectivity index (χ3n) is 4.18. The zero-order valence-corrected chi connectivity index (χ0v) is 14.6. The summed E-state index contributed by atoms with van der Waals surface area (Å²) in [6, 6.07) is 13.7. The molecule has 0 spiro atoms. The molecule has 0 unspecified atom stereocenters. The standard InChI is InChI=1S/C19H18N2O3S/c1-12(13-6-7-15-16(10-13)24-11-23-15)20-18(22)8-9-19-21-14-4-2-3-5-17(14)25-19/h2-7,10,12H,8-9,11H2,1H3,(H,20,22)/t12-/m1/s1. The largest absolute Gasteiger partial charge is 0.454 e. The molecule has 0 saturated heterocycles. The molecule has 1 amide bonds. The molecule has 0 bridgehead atoms. The maximum absolute atomic E-state index is 12.3. The Bertz CT molecular complexity index is 889. The minimum atomic E-state index is -0.0858. The van der Waals surface area contributed by atoms with Crippen LogP contribution in [0.3, 0.4) is 0 Å². The number of thiazole rings is 1. The molecule has 3 aromatic rings. The van der Waals surface area contributed by atoms with Crippen molar-refractivity contribution in [2.24, 2.45) is 0 Å². The molecule has 0 aliphatic carbocycles. The number of aromatic nitrogens is 1. The molecule has 0 radical (unpaired) electrons. The van der Waals surface area contributed by atoms with Crippen LogP contribution in [-0.2, 0) is 11.2 Å². The Morgan fingerprint density at radius 2 is 2.08 bits per heavy atom. The normalized spacial score (nSPS) is 13.8. The number of para-hydroxylation sites is 1. The van der Waals surface area contributed by atoms with Crippen molar-refractivity contribution in [3.05, 3.63) is 53.0 Å². The fourth-order valence-corrected chi connectivity index (χ4v) is 3.79. The SMILES string of the molecule is C[C@@H](NC(=O)CCc1nc2ccccc2s1)c1ccc2c(c1)OCO2. The van der Waals surface area contributed by atoms with Gasteiger partial charge in [0.1, 0.15) is 0 Å². The van der Waals surface area contributed by atoms with Crippen LogP contribution in [0.25, 0.3) is 10.2 Å². The molecule has 1 aliphatic rings. The summed E-state index contributed by atoms with van der Waals surface area (Å²) in [5.74, 6) is 1.50. The molecule has 0 fully saturated rings. The van der Waals surface area contributed by atoms with Gasteiger partial charge in [0.05, 0.1) is 21.3 Å². The lowest BCUT2D eigenvalue weighted by Gasteiger charge is -2.14. The van der Waals surface area contributed by atoms with Gasteiger partial charge in [0, 0.05) is 12.8 Å². The van der Waals surface area contributed by atoms with Crippen LogP contribution < -0.4 is 14.8 Å². The van der Waals surface area contributed by atoms with E-state index in [1.807, 2.05) is 43.3 Å². The Morgan fingerprint density at radius 3 is 2.96 bits per heavy atom. The number of hydrogen-bond acceptors (Lipinski definition) is 5. The molecule has 1 atom stereocenters. The van der Waals surface area contributed by atoms with Crippen molar-refractivity contribution in [3.8, 4) is 11.5 Å². The van der Waals surface area contributed by atoms with Gasteiger partial charge in [0.15, 0.2) is 11.5 Å². The monoisotopic (exact) mass is 354 g/mol. The number of benzene rings is 2. The Kier molecular flexibility index (Phi) is 4.28. The first-order valence-electron chi connectivity index (χ1n) is 8.22. The molecule has 2 heterocycles.